The third-order valence-corrected chi connectivity index (χ3v) is 6.75. The Hall–Kier alpha value is -0.830. The SMILES string of the molecule is CCCCCCCc1ccc(OP(=O)(O)O)c(CCCCCCC)c1CCCCCCC. The maximum atomic E-state index is 11.6. The lowest BCUT2D eigenvalue weighted by molar-refractivity contribution is 0.282. The highest BCUT2D eigenvalue weighted by molar-refractivity contribution is 7.46. The lowest BCUT2D eigenvalue weighted by Gasteiger charge is -2.20. The minimum absolute atomic E-state index is 0.395. The van der Waals surface area contributed by atoms with Crippen LogP contribution in [0.5, 0.6) is 5.75 Å². The van der Waals surface area contributed by atoms with Crippen molar-refractivity contribution < 1.29 is 18.9 Å². The van der Waals surface area contributed by atoms with Crippen molar-refractivity contribution in [3.63, 3.8) is 0 Å². The number of benzene rings is 1. The van der Waals surface area contributed by atoms with Gasteiger partial charge in [-0.25, -0.2) is 4.57 Å². The summed E-state index contributed by atoms with van der Waals surface area (Å²) in [5.74, 6) is 0.395. The third kappa shape index (κ3) is 13.0. The molecule has 0 unspecified atom stereocenters. The molecule has 5 heteroatoms. The molecule has 0 aliphatic heterocycles. The van der Waals surface area contributed by atoms with Crippen LogP contribution in [0.15, 0.2) is 12.1 Å². The van der Waals surface area contributed by atoms with Crippen LogP contribution in [0.25, 0.3) is 0 Å². The first kappa shape index (κ1) is 29.2. The van der Waals surface area contributed by atoms with Crippen LogP contribution in [0.2, 0.25) is 0 Å². The molecule has 0 saturated carbocycles. The number of hydrogen-bond acceptors (Lipinski definition) is 2. The Morgan fingerprint density at radius 3 is 1.53 bits per heavy atom. The molecule has 0 heterocycles. The molecule has 2 N–H and O–H groups in total. The fraction of sp³-hybridized carbons (Fsp3) is 0.778. The number of aryl methyl sites for hydroxylation is 1. The Kier molecular flexibility index (Phi) is 16.1. The molecule has 0 atom stereocenters. The van der Waals surface area contributed by atoms with Gasteiger partial charge in [-0.1, -0.05) is 104 Å². The summed E-state index contributed by atoms with van der Waals surface area (Å²) >= 11 is 0. The van der Waals surface area contributed by atoms with E-state index in [1.54, 1.807) is 0 Å². The largest absolute Gasteiger partial charge is 0.524 e. The van der Waals surface area contributed by atoms with Crippen LogP contribution in [-0.4, -0.2) is 9.79 Å². The molecule has 32 heavy (non-hydrogen) atoms. The second kappa shape index (κ2) is 17.6. The van der Waals surface area contributed by atoms with Crippen LogP contribution >= 0.6 is 7.82 Å². The van der Waals surface area contributed by atoms with E-state index in [1.807, 2.05) is 6.07 Å². The molecule has 0 radical (unpaired) electrons. The maximum absolute atomic E-state index is 11.6. The van der Waals surface area contributed by atoms with Crippen molar-refractivity contribution in [1.82, 2.24) is 0 Å². The Bertz CT molecular complexity index is 653. The average Bonchev–Trinajstić information content (AvgIpc) is 2.74. The van der Waals surface area contributed by atoms with Crippen molar-refractivity contribution in [2.75, 3.05) is 0 Å². The summed E-state index contributed by atoms with van der Waals surface area (Å²) in [4.78, 5) is 19.0. The van der Waals surface area contributed by atoms with Crippen molar-refractivity contribution in [2.24, 2.45) is 0 Å². The molecule has 0 bridgehead atoms. The zero-order valence-electron chi connectivity index (χ0n) is 21.0. The van der Waals surface area contributed by atoms with Crippen LogP contribution in [-0.2, 0) is 23.8 Å². The molecule has 0 aromatic heterocycles. The topological polar surface area (TPSA) is 66.8 Å². The minimum Gasteiger partial charge on any atom is -0.404 e. The Morgan fingerprint density at radius 2 is 1.06 bits per heavy atom. The lowest BCUT2D eigenvalue weighted by Crippen LogP contribution is -2.05. The zero-order chi connectivity index (χ0) is 23.7. The molecule has 0 aliphatic carbocycles. The molecule has 1 rings (SSSR count). The first-order valence-electron chi connectivity index (χ1n) is 13.3. The van der Waals surface area contributed by atoms with Crippen LogP contribution < -0.4 is 4.52 Å². The fourth-order valence-corrected chi connectivity index (χ4v) is 4.91. The van der Waals surface area contributed by atoms with Gasteiger partial charge < -0.3 is 4.52 Å². The van der Waals surface area contributed by atoms with Crippen molar-refractivity contribution in [1.29, 1.82) is 0 Å². The van der Waals surface area contributed by atoms with Gasteiger partial charge in [-0.2, -0.15) is 0 Å². The van der Waals surface area contributed by atoms with Gasteiger partial charge in [0.1, 0.15) is 5.75 Å². The van der Waals surface area contributed by atoms with E-state index >= 15 is 0 Å². The van der Waals surface area contributed by atoms with Gasteiger partial charge in [0, 0.05) is 0 Å². The highest BCUT2D eigenvalue weighted by atomic mass is 31.2. The lowest BCUT2D eigenvalue weighted by atomic mass is 9.89. The van der Waals surface area contributed by atoms with Gasteiger partial charge in [0.05, 0.1) is 0 Å². The normalized spacial score (nSPS) is 11.8. The second-order valence-electron chi connectivity index (χ2n) is 9.25. The first-order chi connectivity index (χ1) is 15.4. The van der Waals surface area contributed by atoms with Gasteiger partial charge in [0.25, 0.3) is 0 Å². The van der Waals surface area contributed by atoms with Gasteiger partial charge >= 0.3 is 7.82 Å². The zero-order valence-corrected chi connectivity index (χ0v) is 21.9. The molecule has 1 aromatic rings. The summed E-state index contributed by atoms with van der Waals surface area (Å²) in [6, 6.07) is 3.87. The average molecular weight is 469 g/mol. The second-order valence-corrected chi connectivity index (χ2v) is 10.4. The number of phosphoric ester groups is 1. The van der Waals surface area contributed by atoms with E-state index in [9.17, 15) is 14.4 Å². The first-order valence-corrected chi connectivity index (χ1v) is 14.8. The van der Waals surface area contributed by atoms with E-state index in [1.165, 1.54) is 88.2 Å². The molecule has 0 amide bonds. The summed E-state index contributed by atoms with van der Waals surface area (Å²) in [7, 11) is -4.57. The predicted molar refractivity (Wildman–Crippen MR) is 137 cm³/mol. The summed E-state index contributed by atoms with van der Waals surface area (Å²) in [5, 5.41) is 0. The smallest absolute Gasteiger partial charge is 0.404 e. The molecule has 0 spiro atoms. The standard InChI is InChI=1S/C27H49O4P/c1-4-7-10-13-16-19-24-22-23-27(31-32(28,29)30)26(21-18-15-12-9-6-3)25(24)20-17-14-11-8-5-2/h22-23H,4-21H2,1-3H3,(H2,28,29,30). The summed E-state index contributed by atoms with van der Waals surface area (Å²) in [6.07, 6.45) is 21.1. The van der Waals surface area contributed by atoms with Crippen molar-refractivity contribution in [3.8, 4) is 5.75 Å². The Balaban J connectivity index is 3.05. The molecule has 4 nitrogen and oxygen atoms in total. The van der Waals surface area contributed by atoms with E-state index < -0.39 is 7.82 Å². The van der Waals surface area contributed by atoms with Crippen LogP contribution in [0.3, 0.4) is 0 Å². The van der Waals surface area contributed by atoms with Gasteiger partial charge in [0.2, 0.25) is 0 Å². The quantitative estimate of drug-likeness (QED) is 0.148. The molecule has 186 valence electrons. The van der Waals surface area contributed by atoms with Crippen LogP contribution in [0.1, 0.15) is 134 Å². The van der Waals surface area contributed by atoms with Crippen LogP contribution in [0.4, 0.5) is 0 Å². The van der Waals surface area contributed by atoms with Gasteiger partial charge in [-0.15, -0.1) is 0 Å². The van der Waals surface area contributed by atoms with Crippen molar-refractivity contribution in [2.45, 2.75) is 136 Å². The van der Waals surface area contributed by atoms with E-state index in [0.29, 0.717) is 5.75 Å². The highest BCUT2D eigenvalue weighted by Gasteiger charge is 2.21. The van der Waals surface area contributed by atoms with Gasteiger partial charge in [0.15, 0.2) is 0 Å². The summed E-state index contributed by atoms with van der Waals surface area (Å²) in [6.45, 7) is 6.69. The molecular weight excluding hydrogens is 419 g/mol. The Morgan fingerprint density at radius 1 is 0.625 bits per heavy atom. The maximum Gasteiger partial charge on any atom is 0.524 e. The van der Waals surface area contributed by atoms with E-state index in [-0.39, 0.29) is 0 Å². The number of unbranched alkanes of at least 4 members (excludes halogenated alkanes) is 12. The summed E-state index contributed by atoms with van der Waals surface area (Å²) < 4.78 is 16.8. The Labute approximate surface area is 197 Å². The van der Waals surface area contributed by atoms with Gasteiger partial charge in [-0.05, 0) is 61.3 Å². The number of phosphoric acid groups is 1. The van der Waals surface area contributed by atoms with Crippen molar-refractivity contribution in [3.05, 3.63) is 28.8 Å². The molecule has 0 saturated heterocycles. The number of hydrogen-bond donors (Lipinski definition) is 2. The molecule has 0 fully saturated rings. The third-order valence-electron chi connectivity index (χ3n) is 6.31. The molecular formula is C27H49O4P. The molecule has 0 aliphatic rings. The fourth-order valence-electron chi connectivity index (χ4n) is 4.48. The van der Waals surface area contributed by atoms with Crippen LogP contribution in [0, 0.1) is 0 Å². The number of rotatable bonds is 20. The highest BCUT2D eigenvalue weighted by Crippen LogP contribution is 2.41. The van der Waals surface area contributed by atoms with E-state index in [4.69, 9.17) is 4.52 Å². The van der Waals surface area contributed by atoms with E-state index in [0.717, 1.165) is 44.1 Å². The van der Waals surface area contributed by atoms with Crippen molar-refractivity contribution >= 4 is 7.82 Å². The summed E-state index contributed by atoms with van der Waals surface area (Å²) in [5.41, 5.74) is 3.71. The molecule has 1 aromatic carbocycles. The predicted octanol–water partition coefficient (Wildman–Crippen LogP) is 8.70. The minimum atomic E-state index is -4.57. The monoisotopic (exact) mass is 468 g/mol. The van der Waals surface area contributed by atoms with E-state index in [2.05, 4.69) is 26.8 Å². The van der Waals surface area contributed by atoms with Gasteiger partial charge in [-0.3, -0.25) is 9.79 Å².